The van der Waals surface area contributed by atoms with Gasteiger partial charge < -0.3 is 47.4 Å². The SMILES string of the molecule is CC=CC#CC#CCCCOC1OC(COC2OCC(COC(C)=O)(OC(C)=O)C2OC(C)=O)C(OC(C)=O)C(OC(C)=O)C1OC(C)=O. The maximum atomic E-state index is 12.2. The predicted molar refractivity (Wildman–Crippen MR) is 163 cm³/mol. The first-order valence-electron chi connectivity index (χ1n) is 15.3. The second-order valence-corrected chi connectivity index (χ2v) is 10.8. The normalized spacial score (nSPS) is 27.4. The van der Waals surface area contributed by atoms with E-state index in [2.05, 4.69) is 23.7 Å². The highest BCUT2D eigenvalue weighted by atomic mass is 16.8. The summed E-state index contributed by atoms with van der Waals surface area (Å²) in [4.78, 5) is 72.2. The molecule has 16 nitrogen and oxygen atoms in total. The first kappa shape index (κ1) is 40.7. The van der Waals surface area contributed by atoms with Gasteiger partial charge in [-0.25, -0.2) is 0 Å². The minimum Gasteiger partial charge on any atom is -0.461 e. The van der Waals surface area contributed by atoms with Crippen molar-refractivity contribution < 1.29 is 76.1 Å². The minimum atomic E-state index is -1.77. The topological polar surface area (TPSA) is 195 Å². The molecular formula is C33H42O16. The van der Waals surface area contributed by atoms with Crippen LogP contribution < -0.4 is 0 Å². The Morgan fingerprint density at radius 2 is 1.39 bits per heavy atom. The number of carbonyl (C=O) groups is 6. The Morgan fingerprint density at radius 1 is 0.755 bits per heavy atom. The van der Waals surface area contributed by atoms with Crippen LogP contribution >= 0.6 is 0 Å². The molecule has 8 atom stereocenters. The van der Waals surface area contributed by atoms with E-state index in [1.807, 2.05) is 6.92 Å². The number of allylic oxidation sites excluding steroid dienone is 2. The first-order chi connectivity index (χ1) is 23.2. The summed E-state index contributed by atoms with van der Waals surface area (Å²) in [6.07, 6.45) is -5.41. The van der Waals surface area contributed by atoms with Crippen molar-refractivity contribution in [2.45, 2.75) is 110 Å². The number of esters is 6. The standard InChI is InChI=1S/C33H42O16/c1-8-9-10-11-12-13-14-15-16-40-31-29(46-23(5)37)28(45-22(4)36)27(44-21(3)35)26(48-31)17-41-32-30(47-24(6)38)33(19-43-32,49-25(7)39)18-42-20(2)34/h8-9,26-32H,14-19H2,1-7H3. The maximum absolute atomic E-state index is 12.2. The van der Waals surface area contributed by atoms with Crippen molar-refractivity contribution in [3.05, 3.63) is 12.2 Å². The monoisotopic (exact) mass is 694 g/mol. The lowest BCUT2D eigenvalue weighted by molar-refractivity contribution is -0.315. The largest absolute Gasteiger partial charge is 0.461 e. The van der Waals surface area contributed by atoms with Gasteiger partial charge in [-0.3, -0.25) is 28.8 Å². The van der Waals surface area contributed by atoms with Gasteiger partial charge in [0, 0.05) is 48.0 Å². The van der Waals surface area contributed by atoms with Crippen LogP contribution in [-0.4, -0.2) is 111 Å². The summed E-state index contributed by atoms with van der Waals surface area (Å²) in [5.41, 5.74) is -1.77. The molecule has 0 aliphatic carbocycles. The molecule has 0 N–H and O–H groups in total. The van der Waals surface area contributed by atoms with E-state index >= 15 is 0 Å². The molecular weight excluding hydrogens is 652 g/mol. The molecule has 2 rings (SSSR count). The van der Waals surface area contributed by atoms with Crippen molar-refractivity contribution in [2.24, 2.45) is 0 Å². The summed E-state index contributed by atoms with van der Waals surface area (Å²) in [6.45, 7) is 7.16. The van der Waals surface area contributed by atoms with Crippen LogP contribution in [0.25, 0.3) is 0 Å². The summed E-state index contributed by atoms with van der Waals surface area (Å²) in [5.74, 6) is 6.37. The van der Waals surface area contributed by atoms with E-state index in [4.69, 9.17) is 47.4 Å². The van der Waals surface area contributed by atoms with Gasteiger partial charge in [-0.15, -0.1) is 0 Å². The van der Waals surface area contributed by atoms with Crippen molar-refractivity contribution in [3.8, 4) is 23.7 Å². The van der Waals surface area contributed by atoms with Crippen molar-refractivity contribution >= 4 is 35.8 Å². The number of ether oxygens (including phenoxy) is 10. The average Bonchev–Trinajstić information content (AvgIpc) is 3.31. The zero-order chi connectivity index (χ0) is 36.6. The van der Waals surface area contributed by atoms with Gasteiger partial charge in [0.25, 0.3) is 0 Å². The molecule has 270 valence electrons. The number of carbonyl (C=O) groups excluding carboxylic acids is 6. The van der Waals surface area contributed by atoms with E-state index in [1.165, 1.54) is 0 Å². The number of hydrogen-bond acceptors (Lipinski definition) is 16. The smallest absolute Gasteiger partial charge is 0.303 e. The zero-order valence-electron chi connectivity index (χ0n) is 28.5. The summed E-state index contributed by atoms with van der Waals surface area (Å²) in [5, 5.41) is 0. The van der Waals surface area contributed by atoms with Crippen molar-refractivity contribution in [1.29, 1.82) is 0 Å². The Balaban J connectivity index is 2.38. The third kappa shape index (κ3) is 13.5. The molecule has 0 aromatic rings. The van der Waals surface area contributed by atoms with E-state index in [0.29, 0.717) is 12.8 Å². The summed E-state index contributed by atoms with van der Waals surface area (Å²) in [6, 6.07) is 0. The molecule has 16 heteroatoms. The van der Waals surface area contributed by atoms with Crippen LogP contribution in [0.4, 0.5) is 0 Å². The summed E-state index contributed by atoms with van der Waals surface area (Å²) in [7, 11) is 0. The molecule has 0 aromatic heterocycles. The van der Waals surface area contributed by atoms with Gasteiger partial charge in [0.15, 0.2) is 37.0 Å². The van der Waals surface area contributed by atoms with Crippen LogP contribution in [-0.2, 0) is 76.1 Å². The molecule has 2 heterocycles. The Bertz CT molecular complexity index is 1350. The number of unbranched alkanes of at least 4 members (excludes halogenated alkanes) is 1. The van der Waals surface area contributed by atoms with Gasteiger partial charge >= 0.3 is 35.8 Å². The van der Waals surface area contributed by atoms with E-state index in [0.717, 1.165) is 41.5 Å². The Kier molecular flexibility index (Phi) is 16.7. The second-order valence-electron chi connectivity index (χ2n) is 10.8. The molecule has 2 fully saturated rings. The van der Waals surface area contributed by atoms with E-state index < -0.39 is 104 Å². The average molecular weight is 695 g/mol. The molecule has 2 aliphatic heterocycles. The van der Waals surface area contributed by atoms with Gasteiger partial charge in [-0.1, -0.05) is 17.9 Å². The molecule has 49 heavy (non-hydrogen) atoms. The molecule has 8 unspecified atom stereocenters. The van der Waals surface area contributed by atoms with E-state index in [9.17, 15) is 28.8 Å². The van der Waals surface area contributed by atoms with Gasteiger partial charge in [0.1, 0.15) is 12.7 Å². The minimum absolute atomic E-state index is 0.0549. The Morgan fingerprint density at radius 3 is 1.98 bits per heavy atom. The highest BCUT2D eigenvalue weighted by Crippen LogP contribution is 2.35. The third-order valence-electron chi connectivity index (χ3n) is 6.54. The number of hydrogen-bond donors (Lipinski definition) is 0. The summed E-state index contributed by atoms with van der Waals surface area (Å²) < 4.78 is 56.0. The van der Waals surface area contributed by atoms with Crippen molar-refractivity contribution in [3.63, 3.8) is 0 Å². The lowest BCUT2D eigenvalue weighted by Crippen LogP contribution is -2.63. The molecule has 0 spiro atoms. The molecule has 0 saturated carbocycles. The predicted octanol–water partition coefficient (Wildman–Crippen LogP) is 1.06. The van der Waals surface area contributed by atoms with Gasteiger partial charge in [-0.05, 0) is 31.3 Å². The highest BCUT2D eigenvalue weighted by Gasteiger charge is 2.58. The third-order valence-corrected chi connectivity index (χ3v) is 6.54. The number of rotatable bonds is 14. The molecule has 2 saturated heterocycles. The first-order valence-corrected chi connectivity index (χ1v) is 15.3. The lowest BCUT2D eigenvalue weighted by atomic mass is 9.97. The van der Waals surface area contributed by atoms with Crippen LogP contribution in [0.1, 0.15) is 61.3 Å². The van der Waals surface area contributed by atoms with Crippen LogP contribution in [0.3, 0.4) is 0 Å². The molecule has 0 bridgehead atoms. The quantitative estimate of drug-likeness (QED) is 0.108. The van der Waals surface area contributed by atoms with Crippen LogP contribution in [0.2, 0.25) is 0 Å². The van der Waals surface area contributed by atoms with E-state index in [-0.39, 0.29) is 6.61 Å². The lowest BCUT2D eigenvalue weighted by Gasteiger charge is -2.44. The summed E-state index contributed by atoms with van der Waals surface area (Å²) >= 11 is 0. The molecule has 0 radical (unpaired) electrons. The van der Waals surface area contributed by atoms with Crippen molar-refractivity contribution in [1.82, 2.24) is 0 Å². The van der Waals surface area contributed by atoms with Gasteiger partial charge in [0.05, 0.1) is 19.8 Å². The zero-order valence-corrected chi connectivity index (χ0v) is 28.5. The van der Waals surface area contributed by atoms with Crippen molar-refractivity contribution in [2.75, 3.05) is 26.4 Å². The van der Waals surface area contributed by atoms with Crippen LogP contribution in [0, 0.1) is 23.7 Å². The second kappa shape index (κ2) is 20.1. The fourth-order valence-electron chi connectivity index (χ4n) is 4.81. The van der Waals surface area contributed by atoms with Gasteiger partial charge in [-0.2, -0.15) is 0 Å². The maximum Gasteiger partial charge on any atom is 0.303 e. The molecule has 2 aliphatic rings. The Hall–Kier alpha value is -4.48. The highest BCUT2D eigenvalue weighted by molar-refractivity contribution is 5.69. The fourth-order valence-corrected chi connectivity index (χ4v) is 4.81. The molecule has 0 amide bonds. The van der Waals surface area contributed by atoms with Gasteiger partial charge in [0.2, 0.25) is 5.60 Å². The Labute approximate surface area is 284 Å². The fraction of sp³-hybridized carbons (Fsp3) is 0.636. The molecule has 0 aromatic carbocycles. The van der Waals surface area contributed by atoms with Crippen LogP contribution in [0.15, 0.2) is 12.2 Å². The van der Waals surface area contributed by atoms with E-state index in [1.54, 1.807) is 12.2 Å². The van der Waals surface area contributed by atoms with Crippen LogP contribution in [0.5, 0.6) is 0 Å².